The number of aryl methyl sites for hydroxylation is 1. The molecule has 2 aromatic rings. The maximum absolute atomic E-state index is 12.8. The lowest BCUT2D eigenvalue weighted by atomic mass is 9.88. The highest BCUT2D eigenvalue weighted by molar-refractivity contribution is 5.87. The second-order valence-corrected chi connectivity index (χ2v) is 7.67. The molecule has 1 spiro atoms. The molecular weight excluding hydrogens is 367 g/mol. The molecule has 1 aromatic heterocycles. The minimum atomic E-state index is -4.35. The van der Waals surface area contributed by atoms with Crippen molar-refractivity contribution in [2.45, 2.75) is 50.4 Å². The molecular formula is C21H22F3N3O. The Kier molecular flexibility index (Phi) is 4.65. The monoisotopic (exact) mass is 389 g/mol. The van der Waals surface area contributed by atoms with Crippen LogP contribution in [0.5, 0.6) is 0 Å². The van der Waals surface area contributed by atoms with Crippen LogP contribution in [-0.2, 0) is 11.0 Å². The van der Waals surface area contributed by atoms with Crippen molar-refractivity contribution in [3.63, 3.8) is 0 Å². The molecule has 7 heteroatoms. The van der Waals surface area contributed by atoms with Gasteiger partial charge >= 0.3 is 6.18 Å². The fourth-order valence-corrected chi connectivity index (χ4v) is 4.23. The van der Waals surface area contributed by atoms with Crippen molar-refractivity contribution in [3.8, 4) is 11.1 Å². The Morgan fingerprint density at radius 3 is 2.54 bits per heavy atom. The molecule has 1 aromatic carbocycles. The predicted octanol–water partition coefficient (Wildman–Crippen LogP) is 4.15. The molecule has 1 amide bonds. The molecule has 3 heterocycles. The standard InChI is InChI=1S/C21H22F3N3O/c1-13-11-15(14-3-5-16(6-4-14)21(22,23)24)12-18(26-13)17-7-9-20(27-17)8-2-10-25-19(20)28/h3-6,11-12,17,27H,2,7-10H2,1H3,(H,25,28)/t17-,20-/m1/s1. The molecule has 148 valence electrons. The van der Waals surface area contributed by atoms with Crippen molar-refractivity contribution in [3.05, 3.63) is 53.3 Å². The van der Waals surface area contributed by atoms with Crippen LogP contribution in [0, 0.1) is 6.92 Å². The van der Waals surface area contributed by atoms with Crippen LogP contribution in [0.15, 0.2) is 36.4 Å². The van der Waals surface area contributed by atoms with E-state index in [-0.39, 0.29) is 11.9 Å². The molecule has 2 fully saturated rings. The van der Waals surface area contributed by atoms with Gasteiger partial charge in [-0.15, -0.1) is 0 Å². The highest BCUT2D eigenvalue weighted by atomic mass is 19.4. The summed E-state index contributed by atoms with van der Waals surface area (Å²) < 4.78 is 38.4. The van der Waals surface area contributed by atoms with Crippen molar-refractivity contribution in [2.24, 2.45) is 0 Å². The van der Waals surface area contributed by atoms with Gasteiger partial charge in [0.15, 0.2) is 0 Å². The highest BCUT2D eigenvalue weighted by Gasteiger charge is 2.46. The minimum absolute atomic E-state index is 0.0445. The third-order valence-electron chi connectivity index (χ3n) is 5.69. The molecule has 0 radical (unpaired) electrons. The fraction of sp³-hybridized carbons (Fsp3) is 0.429. The lowest BCUT2D eigenvalue weighted by Gasteiger charge is -2.33. The van der Waals surface area contributed by atoms with Gasteiger partial charge in [0, 0.05) is 12.2 Å². The Balaban J connectivity index is 1.60. The molecule has 2 atom stereocenters. The lowest BCUT2D eigenvalue weighted by molar-refractivity contribution is -0.137. The average Bonchev–Trinajstić information content (AvgIpc) is 3.08. The SMILES string of the molecule is Cc1cc(-c2ccc(C(F)(F)F)cc2)cc([C@H]2CC[C@@]3(CCCNC3=O)N2)n1. The van der Waals surface area contributed by atoms with Crippen LogP contribution in [0.3, 0.4) is 0 Å². The van der Waals surface area contributed by atoms with Gasteiger partial charge in [-0.3, -0.25) is 15.1 Å². The number of halogens is 3. The van der Waals surface area contributed by atoms with Gasteiger partial charge < -0.3 is 5.32 Å². The van der Waals surface area contributed by atoms with Crippen molar-refractivity contribution >= 4 is 5.91 Å². The van der Waals surface area contributed by atoms with E-state index >= 15 is 0 Å². The summed E-state index contributed by atoms with van der Waals surface area (Å²) >= 11 is 0. The van der Waals surface area contributed by atoms with E-state index < -0.39 is 17.3 Å². The molecule has 0 saturated carbocycles. The number of aromatic nitrogens is 1. The van der Waals surface area contributed by atoms with E-state index in [1.807, 2.05) is 19.1 Å². The number of rotatable bonds is 2. The molecule has 4 nitrogen and oxygen atoms in total. The van der Waals surface area contributed by atoms with Crippen LogP contribution >= 0.6 is 0 Å². The number of hydrogen-bond donors (Lipinski definition) is 2. The Hall–Kier alpha value is -2.41. The fourth-order valence-electron chi connectivity index (χ4n) is 4.23. The smallest absolute Gasteiger partial charge is 0.354 e. The molecule has 0 unspecified atom stereocenters. The van der Waals surface area contributed by atoms with E-state index in [9.17, 15) is 18.0 Å². The van der Waals surface area contributed by atoms with Gasteiger partial charge in [0.25, 0.3) is 0 Å². The summed E-state index contributed by atoms with van der Waals surface area (Å²) in [6.45, 7) is 2.59. The average molecular weight is 389 g/mol. The normalized spacial score (nSPS) is 25.1. The number of nitrogens with one attached hydrogen (secondary N) is 2. The maximum Gasteiger partial charge on any atom is 0.416 e. The van der Waals surface area contributed by atoms with Crippen molar-refractivity contribution < 1.29 is 18.0 Å². The summed E-state index contributed by atoms with van der Waals surface area (Å²) in [5, 5.41) is 6.42. The van der Waals surface area contributed by atoms with Crippen molar-refractivity contribution in [2.75, 3.05) is 6.54 Å². The molecule has 28 heavy (non-hydrogen) atoms. The van der Waals surface area contributed by atoms with Gasteiger partial charge in [0.05, 0.1) is 22.8 Å². The van der Waals surface area contributed by atoms with Crippen molar-refractivity contribution in [1.29, 1.82) is 0 Å². The molecule has 2 saturated heterocycles. The number of benzene rings is 1. The van der Waals surface area contributed by atoms with E-state index in [2.05, 4.69) is 15.6 Å². The first-order chi connectivity index (χ1) is 13.3. The number of pyridine rings is 1. The number of nitrogens with zero attached hydrogens (tertiary/aromatic N) is 1. The number of alkyl halides is 3. The lowest BCUT2D eigenvalue weighted by Crippen LogP contribution is -2.57. The van der Waals surface area contributed by atoms with E-state index in [1.54, 1.807) is 0 Å². The van der Waals surface area contributed by atoms with Crippen LogP contribution in [0.25, 0.3) is 11.1 Å². The number of carbonyl (C=O) groups is 1. The molecule has 2 aliphatic heterocycles. The van der Waals surface area contributed by atoms with Gasteiger partial charge in [-0.05, 0) is 68.0 Å². The second kappa shape index (κ2) is 6.88. The first-order valence-corrected chi connectivity index (χ1v) is 9.49. The predicted molar refractivity (Wildman–Crippen MR) is 99.5 cm³/mol. The van der Waals surface area contributed by atoms with Gasteiger partial charge in [-0.25, -0.2) is 0 Å². The summed E-state index contributed by atoms with van der Waals surface area (Å²) in [4.78, 5) is 17.0. The summed E-state index contributed by atoms with van der Waals surface area (Å²) in [5.41, 5.74) is 1.97. The number of hydrogen-bond acceptors (Lipinski definition) is 3. The topological polar surface area (TPSA) is 54.0 Å². The Bertz CT molecular complexity index is 895. The van der Waals surface area contributed by atoms with Crippen LogP contribution in [-0.4, -0.2) is 23.0 Å². The van der Waals surface area contributed by atoms with Crippen LogP contribution in [0.1, 0.15) is 48.7 Å². The Labute approximate surface area is 161 Å². The van der Waals surface area contributed by atoms with Crippen molar-refractivity contribution in [1.82, 2.24) is 15.6 Å². The van der Waals surface area contributed by atoms with E-state index in [0.717, 1.165) is 54.8 Å². The molecule has 4 rings (SSSR count). The molecule has 0 aliphatic carbocycles. The zero-order valence-electron chi connectivity index (χ0n) is 15.6. The number of carbonyl (C=O) groups excluding carboxylic acids is 1. The quantitative estimate of drug-likeness (QED) is 0.811. The summed E-state index contributed by atoms with van der Waals surface area (Å²) in [6, 6.07) is 8.90. The minimum Gasteiger partial charge on any atom is -0.354 e. The van der Waals surface area contributed by atoms with E-state index in [1.165, 1.54) is 12.1 Å². The summed E-state index contributed by atoms with van der Waals surface area (Å²) in [5.74, 6) is 0.0527. The van der Waals surface area contributed by atoms with Gasteiger partial charge in [0.1, 0.15) is 0 Å². The zero-order valence-corrected chi connectivity index (χ0v) is 15.6. The summed E-state index contributed by atoms with van der Waals surface area (Å²) in [6.07, 6.45) is -1.03. The number of piperidine rings is 1. The Morgan fingerprint density at radius 2 is 1.86 bits per heavy atom. The third-order valence-corrected chi connectivity index (χ3v) is 5.69. The first-order valence-electron chi connectivity index (χ1n) is 9.49. The summed E-state index contributed by atoms with van der Waals surface area (Å²) in [7, 11) is 0. The maximum atomic E-state index is 12.8. The van der Waals surface area contributed by atoms with Gasteiger partial charge in [-0.1, -0.05) is 12.1 Å². The van der Waals surface area contributed by atoms with Gasteiger partial charge in [-0.2, -0.15) is 13.2 Å². The Morgan fingerprint density at radius 1 is 1.11 bits per heavy atom. The van der Waals surface area contributed by atoms with Crippen LogP contribution < -0.4 is 10.6 Å². The zero-order chi connectivity index (χ0) is 19.9. The first kappa shape index (κ1) is 18.9. The van der Waals surface area contributed by atoms with Crippen LogP contribution in [0.2, 0.25) is 0 Å². The molecule has 0 bridgehead atoms. The second-order valence-electron chi connectivity index (χ2n) is 7.67. The van der Waals surface area contributed by atoms with E-state index in [0.29, 0.717) is 12.1 Å². The molecule has 2 N–H and O–H groups in total. The van der Waals surface area contributed by atoms with Gasteiger partial charge in [0.2, 0.25) is 5.91 Å². The highest BCUT2D eigenvalue weighted by Crippen LogP contribution is 2.38. The largest absolute Gasteiger partial charge is 0.416 e. The number of amides is 1. The van der Waals surface area contributed by atoms with Crippen LogP contribution in [0.4, 0.5) is 13.2 Å². The van der Waals surface area contributed by atoms with E-state index in [4.69, 9.17) is 0 Å². The third kappa shape index (κ3) is 3.51. The molecule has 2 aliphatic rings.